The molecule has 14 heavy (non-hydrogen) atoms. The molecule has 0 aromatic heterocycles. The van der Waals surface area contributed by atoms with Crippen molar-refractivity contribution in [2.24, 2.45) is 5.92 Å². The smallest absolute Gasteiger partial charge is 0.161 e. The number of ether oxygens (including phenoxy) is 1. The van der Waals surface area contributed by atoms with Crippen molar-refractivity contribution in [3.05, 3.63) is 23.8 Å². The Morgan fingerprint density at radius 3 is 2.86 bits per heavy atom. The quantitative estimate of drug-likeness (QED) is 0.794. The van der Waals surface area contributed by atoms with Gasteiger partial charge in [0, 0.05) is 0 Å². The van der Waals surface area contributed by atoms with Crippen LogP contribution in [0.3, 0.4) is 0 Å². The fourth-order valence-electron chi connectivity index (χ4n) is 1.39. The van der Waals surface area contributed by atoms with Gasteiger partial charge in [-0.05, 0) is 42.9 Å². The zero-order valence-corrected chi connectivity index (χ0v) is 8.49. The number of hydrogen-bond donors (Lipinski definition) is 1. The van der Waals surface area contributed by atoms with E-state index in [0.717, 1.165) is 18.9 Å². The van der Waals surface area contributed by atoms with Gasteiger partial charge in [-0.15, -0.1) is 0 Å². The third-order valence-electron chi connectivity index (χ3n) is 2.60. The van der Waals surface area contributed by atoms with E-state index in [-0.39, 0.29) is 5.75 Å². The van der Waals surface area contributed by atoms with Gasteiger partial charge in [0.2, 0.25) is 0 Å². The van der Waals surface area contributed by atoms with Gasteiger partial charge in [0.1, 0.15) is 0 Å². The van der Waals surface area contributed by atoms with Gasteiger partial charge in [0.25, 0.3) is 0 Å². The Morgan fingerprint density at radius 2 is 2.21 bits per heavy atom. The second kappa shape index (κ2) is 3.91. The fourth-order valence-corrected chi connectivity index (χ4v) is 1.39. The standard InChI is InChI=1S/C12H16O2/c1-2-9-5-6-11(13)12(7-9)14-8-10-3-4-10/h5-7,10,13H,2-4,8H2,1H3. The Balaban J connectivity index is 2.04. The average Bonchev–Trinajstić information content (AvgIpc) is 3.00. The van der Waals surface area contributed by atoms with Crippen molar-refractivity contribution in [3.8, 4) is 11.5 Å². The highest BCUT2D eigenvalue weighted by Gasteiger charge is 2.22. The molecule has 0 atom stereocenters. The van der Waals surface area contributed by atoms with Crippen molar-refractivity contribution in [1.82, 2.24) is 0 Å². The fraction of sp³-hybridized carbons (Fsp3) is 0.500. The molecular formula is C12H16O2. The summed E-state index contributed by atoms with van der Waals surface area (Å²) in [5, 5.41) is 9.54. The predicted octanol–water partition coefficient (Wildman–Crippen LogP) is 2.74. The lowest BCUT2D eigenvalue weighted by Crippen LogP contribution is -1.99. The first-order chi connectivity index (χ1) is 6.79. The van der Waals surface area contributed by atoms with Crippen molar-refractivity contribution in [3.63, 3.8) is 0 Å². The second-order valence-electron chi connectivity index (χ2n) is 3.91. The van der Waals surface area contributed by atoms with Crippen LogP contribution < -0.4 is 4.74 Å². The molecule has 76 valence electrons. The number of hydrogen-bond acceptors (Lipinski definition) is 2. The minimum atomic E-state index is 0.253. The minimum absolute atomic E-state index is 0.253. The summed E-state index contributed by atoms with van der Waals surface area (Å²) in [5.41, 5.74) is 1.20. The molecule has 0 bridgehead atoms. The van der Waals surface area contributed by atoms with Crippen molar-refractivity contribution in [1.29, 1.82) is 0 Å². The molecule has 1 N–H and O–H groups in total. The maximum Gasteiger partial charge on any atom is 0.161 e. The van der Waals surface area contributed by atoms with E-state index >= 15 is 0 Å². The summed E-state index contributed by atoms with van der Waals surface area (Å²) in [6.07, 6.45) is 3.52. The molecule has 0 spiro atoms. The number of aryl methyl sites for hydroxylation is 1. The molecular weight excluding hydrogens is 176 g/mol. The predicted molar refractivity (Wildman–Crippen MR) is 55.7 cm³/mol. The molecule has 2 nitrogen and oxygen atoms in total. The van der Waals surface area contributed by atoms with Crippen molar-refractivity contribution in [2.45, 2.75) is 26.2 Å². The number of phenols is 1. The van der Waals surface area contributed by atoms with Crippen LogP contribution in [0, 0.1) is 5.92 Å². The summed E-state index contributed by atoms with van der Waals surface area (Å²) in [6, 6.07) is 5.57. The number of phenolic OH excluding ortho intramolecular Hbond substituents is 1. The Labute approximate surface area is 84.5 Å². The molecule has 1 aromatic rings. The van der Waals surface area contributed by atoms with Crippen LogP contribution in [0.5, 0.6) is 11.5 Å². The summed E-state index contributed by atoms with van der Waals surface area (Å²) in [7, 11) is 0. The molecule has 2 rings (SSSR count). The van der Waals surface area contributed by atoms with E-state index in [1.165, 1.54) is 18.4 Å². The first-order valence-corrected chi connectivity index (χ1v) is 5.24. The number of benzene rings is 1. The molecule has 0 aliphatic heterocycles. The van der Waals surface area contributed by atoms with Crippen LogP contribution in [0.1, 0.15) is 25.3 Å². The second-order valence-corrected chi connectivity index (χ2v) is 3.91. The van der Waals surface area contributed by atoms with Gasteiger partial charge in [0.05, 0.1) is 6.61 Å². The summed E-state index contributed by atoms with van der Waals surface area (Å²) in [4.78, 5) is 0. The van der Waals surface area contributed by atoms with Gasteiger partial charge in [-0.3, -0.25) is 0 Å². The zero-order chi connectivity index (χ0) is 9.97. The third-order valence-corrected chi connectivity index (χ3v) is 2.60. The van der Waals surface area contributed by atoms with Crippen LogP contribution in [0.4, 0.5) is 0 Å². The van der Waals surface area contributed by atoms with E-state index < -0.39 is 0 Å². The number of rotatable bonds is 4. The van der Waals surface area contributed by atoms with Crippen LogP contribution in [-0.4, -0.2) is 11.7 Å². The van der Waals surface area contributed by atoms with Gasteiger partial charge < -0.3 is 9.84 Å². The van der Waals surface area contributed by atoms with Crippen molar-refractivity contribution in [2.75, 3.05) is 6.61 Å². The van der Waals surface area contributed by atoms with Gasteiger partial charge in [0.15, 0.2) is 11.5 Å². The molecule has 0 heterocycles. The van der Waals surface area contributed by atoms with E-state index in [1.54, 1.807) is 6.07 Å². The highest BCUT2D eigenvalue weighted by molar-refractivity contribution is 5.41. The first kappa shape index (κ1) is 9.38. The Hall–Kier alpha value is -1.18. The van der Waals surface area contributed by atoms with Crippen molar-refractivity contribution >= 4 is 0 Å². The average molecular weight is 192 g/mol. The lowest BCUT2D eigenvalue weighted by Gasteiger charge is -2.08. The molecule has 0 saturated heterocycles. The topological polar surface area (TPSA) is 29.5 Å². The van der Waals surface area contributed by atoms with Crippen LogP contribution >= 0.6 is 0 Å². The van der Waals surface area contributed by atoms with Gasteiger partial charge >= 0.3 is 0 Å². The molecule has 1 saturated carbocycles. The van der Waals surface area contributed by atoms with Gasteiger partial charge in [-0.25, -0.2) is 0 Å². The monoisotopic (exact) mass is 192 g/mol. The lowest BCUT2D eigenvalue weighted by atomic mass is 10.1. The minimum Gasteiger partial charge on any atom is -0.504 e. The molecule has 2 heteroatoms. The van der Waals surface area contributed by atoms with Crippen LogP contribution in [0.25, 0.3) is 0 Å². The highest BCUT2D eigenvalue weighted by Crippen LogP contribution is 2.32. The zero-order valence-electron chi connectivity index (χ0n) is 8.49. The Bertz CT molecular complexity index is 316. The first-order valence-electron chi connectivity index (χ1n) is 5.24. The summed E-state index contributed by atoms with van der Waals surface area (Å²) < 4.78 is 5.55. The van der Waals surface area contributed by atoms with E-state index in [0.29, 0.717) is 5.75 Å². The maximum absolute atomic E-state index is 9.54. The number of aromatic hydroxyl groups is 1. The normalized spacial score (nSPS) is 15.5. The van der Waals surface area contributed by atoms with E-state index in [4.69, 9.17) is 4.74 Å². The summed E-state index contributed by atoms with van der Waals surface area (Å²) in [5.74, 6) is 1.61. The molecule has 0 amide bonds. The van der Waals surface area contributed by atoms with E-state index in [1.807, 2.05) is 12.1 Å². The molecule has 1 aliphatic rings. The summed E-state index contributed by atoms with van der Waals surface area (Å²) in [6.45, 7) is 2.85. The Kier molecular flexibility index (Phi) is 2.62. The molecule has 1 aromatic carbocycles. The summed E-state index contributed by atoms with van der Waals surface area (Å²) >= 11 is 0. The lowest BCUT2D eigenvalue weighted by molar-refractivity contribution is 0.284. The van der Waals surface area contributed by atoms with Crippen LogP contribution in [0.15, 0.2) is 18.2 Å². The SMILES string of the molecule is CCc1ccc(O)c(OCC2CC2)c1. The largest absolute Gasteiger partial charge is 0.504 e. The van der Waals surface area contributed by atoms with Crippen LogP contribution in [0.2, 0.25) is 0 Å². The molecule has 1 aliphatic carbocycles. The highest BCUT2D eigenvalue weighted by atomic mass is 16.5. The van der Waals surface area contributed by atoms with E-state index in [2.05, 4.69) is 6.92 Å². The van der Waals surface area contributed by atoms with Crippen molar-refractivity contribution < 1.29 is 9.84 Å². The van der Waals surface area contributed by atoms with Gasteiger partial charge in [-0.1, -0.05) is 13.0 Å². The molecule has 0 radical (unpaired) electrons. The van der Waals surface area contributed by atoms with E-state index in [9.17, 15) is 5.11 Å². The third kappa shape index (κ3) is 2.19. The molecule has 0 unspecified atom stereocenters. The Morgan fingerprint density at radius 1 is 1.43 bits per heavy atom. The maximum atomic E-state index is 9.54. The van der Waals surface area contributed by atoms with Crippen LogP contribution in [-0.2, 0) is 6.42 Å². The van der Waals surface area contributed by atoms with Gasteiger partial charge in [-0.2, -0.15) is 0 Å². The molecule has 1 fully saturated rings.